The summed E-state index contributed by atoms with van der Waals surface area (Å²) >= 11 is 3.51. The minimum atomic E-state index is -0.454. The van der Waals surface area contributed by atoms with Gasteiger partial charge in [0, 0.05) is 21.0 Å². The van der Waals surface area contributed by atoms with E-state index in [1.165, 1.54) is 6.21 Å². The Balaban J connectivity index is 1.48. The van der Waals surface area contributed by atoms with Crippen molar-refractivity contribution < 1.29 is 18.7 Å². The summed E-state index contributed by atoms with van der Waals surface area (Å²) in [6.45, 7) is 2.53. The number of benzene rings is 3. The number of ether oxygens (including phenoxy) is 2. The van der Waals surface area contributed by atoms with Gasteiger partial charge >= 0.3 is 5.91 Å². The topological polar surface area (TPSA) is 96.8 Å². The number of para-hydroxylation sites is 1. The standard InChI is InChI=1S/C26H20BrN3O4/c1-2-32-23-12-20(15-29-30-26(31)25-11-17-7-5-6-10-22(17)34-25)21(27)13-24(23)33-16-19-9-4-3-8-18(19)14-28/h3-13,15H,2,16H2,1H3,(H,30,31)/b29-15+. The zero-order chi connectivity index (χ0) is 23.9. The van der Waals surface area contributed by atoms with E-state index >= 15 is 0 Å². The second kappa shape index (κ2) is 10.7. The first-order valence-electron chi connectivity index (χ1n) is 10.5. The van der Waals surface area contributed by atoms with Gasteiger partial charge in [0.2, 0.25) is 0 Å². The monoisotopic (exact) mass is 517 g/mol. The molecule has 0 saturated carbocycles. The number of amides is 1. The van der Waals surface area contributed by atoms with E-state index in [0.717, 1.165) is 10.9 Å². The highest BCUT2D eigenvalue weighted by atomic mass is 79.9. The van der Waals surface area contributed by atoms with Gasteiger partial charge in [0.15, 0.2) is 17.3 Å². The molecule has 0 fully saturated rings. The number of hydrogen-bond acceptors (Lipinski definition) is 6. The molecule has 1 N–H and O–H groups in total. The molecule has 7 nitrogen and oxygen atoms in total. The van der Waals surface area contributed by atoms with E-state index in [1.807, 2.05) is 43.3 Å². The van der Waals surface area contributed by atoms with Crippen LogP contribution in [-0.2, 0) is 6.61 Å². The predicted molar refractivity (Wildman–Crippen MR) is 132 cm³/mol. The molecular formula is C26H20BrN3O4. The minimum Gasteiger partial charge on any atom is -0.490 e. The number of furan rings is 1. The fourth-order valence-corrected chi connectivity index (χ4v) is 3.68. The molecule has 0 unspecified atom stereocenters. The van der Waals surface area contributed by atoms with Crippen LogP contribution >= 0.6 is 15.9 Å². The van der Waals surface area contributed by atoms with E-state index in [0.29, 0.717) is 39.3 Å². The first kappa shape index (κ1) is 23.1. The van der Waals surface area contributed by atoms with Gasteiger partial charge in [-0.05, 0) is 53.2 Å². The molecule has 170 valence electrons. The van der Waals surface area contributed by atoms with Crippen molar-refractivity contribution in [3.05, 3.63) is 93.7 Å². The third kappa shape index (κ3) is 5.27. The molecule has 1 amide bonds. The van der Waals surface area contributed by atoms with Crippen molar-refractivity contribution in [2.75, 3.05) is 6.61 Å². The second-order valence-corrected chi connectivity index (χ2v) is 8.01. The number of fused-ring (bicyclic) bond motifs is 1. The lowest BCUT2D eigenvalue weighted by atomic mass is 10.1. The number of carbonyl (C=O) groups is 1. The fourth-order valence-electron chi connectivity index (χ4n) is 3.25. The number of nitrogens with one attached hydrogen (secondary N) is 1. The van der Waals surface area contributed by atoms with Crippen molar-refractivity contribution in [3.8, 4) is 17.6 Å². The maximum absolute atomic E-state index is 12.4. The molecule has 8 heteroatoms. The molecule has 0 bridgehead atoms. The zero-order valence-corrected chi connectivity index (χ0v) is 19.8. The van der Waals surface area contributed by atoms with Gasteiger partial charge in [-0.25, -0.2) is 5.43 Å². The van der Waals surface area contributed by atoms with E-state index in [-0.39, 0.29) is 12.4 Å². The number of hydrazone groups is 1. The summed E-state index contributed by atoms with van der Waals surface area (Å²) in [7, 11) is 0. The highest BCUT2D eigenvalue weighted by Gasteiger charge is 2.13. The SMILES string of the molecule is CCOc1cc(/C=N/NC(=O)c2cc3ccccc3o2)c(Br)cc1OCc1ccccc1C#N. The van der Waals surface area contributed by atoms with Crippen LogP contribution in [0.5, 0.6) is 11.5 Å². The molecule has 4 rings (SSSR count). The Kier molecular flexibility index (Phi) is 7.25. The van der Waals surface area contributed by atoms with Crippen molar-refractivity contribution in [2.45, 2.75) is 13.5 Å². The number of nitriles is 1. The number of halogens is 1. The maximum Gasteiger partial charge on any atom is 0.307 e. The predicted octanol–water partition coefficient (Wildman–Crippen LogP) is 5.81. The summed E-state index contributed by atoms with van der Waals surface area (Å²) in [5.41, 5.74) is 5.13. The molecule has 0 spiro atoms. The van der Waals surface area contributed by atoms with Crippen LogP contribution in [0.3, 0.4) is 0 Å². The molecule has 0 aliphatic heterocycles. The summed E-state index contributed by atoms with van der Waals surface area (Å²) in [5, 5.41) is 14.2. The van der Waals surface area contributed by atoms with Crippen molar-refractivity contribution in [1.82, 2.24) is 5.43 Å². The van der Waals surface area contributed by atoms with E-state index in [9.17, 15) is 10.1 Å². The van der Waals surface area contributed by atoms with Crippen LogP contribution in [0, 0.1) is 11.3 Å². The summed E-state index contributed by atoms with van der Waals surface area (Å²) in [5.74, 6) is 0.758. The highest BCUT2D eigenvalue weighted by molar-refractivity contribution is 9.10. The number of hydrogen-bond donors (Lipinski definition) is 1. The molecule has 3 aromatic carbocycles. The molecule has 4 aromatic rings. The molecule has 0 atom stereocenters. The lowest BCUT2D eigenvalue weighted by molar-refractivity contribution is 0.0929. The first-order valence-corrected chi connectivity index (χ1v) is 11.3. The van der Waals surface area contributed by atoms with Gasteiger partial charge in [0.1, 0.15) is 12.2 Å². The van der Waals surface area contributed by atoms with Gasteiger partial charge in [0.05, 0.1) is 24.5 Å². The maximum atomic E-state index is 12.4. The van der Waals surface area contributed by atoms with Crippen LogP contribution in [-0.4, -0.2) is 18.7 Å². The Bertz CT molecular complexity index is 1370. The van der Waals surface area contributed by atoms with Gasteiger partial charge in [0.25, 0.3) is 0 Å². The summed E-state index contributed by atoms with van der Waals surface area (Å²) in [6, 6.07) is 22.0. The average Bonchev–Trinajstić information content (AvgIpc) is 3.29. The molecule has 34 heavy (non-hydrogen) atoms. The number of rotatable bonds is 8. The van der Waals surface area contributed by atoms with Crippen LogP contribution < -0.4 is 14.9 Å². The Morgan fingerprint density at radius 1 is 1.12 bits per heavy atom. The molecule has 0 aliphatic rings. The Hall–Kier alpha value is -4.09. The van der Waals surface area contributed by atoms with Crippen molar-refractivity contribution in [1.29, 1.82) is 5.26 Å². The summed E-state index contributed by atoms with van der Waals surface area (Å²) in [4.78, 5) is 12.4. The second-order valence-electron chi connectivity index (χ2n) is 7.16. The van der Waals surface area contributed by atoms with Crippen molar-refractivity contribution in [3.63, 3.8) is 0 Å². The van der Waals surface area contributed by atoms with Gasteiger partial charge in [-0.2, -0.15) is 10.4 Å². The van der Waals surface area contributed by atoms with Gasteiger partial charge in [-0.3, -0.25) is 4.79 Å². The Labute approximate surface area is 204 Å². The summed E-state index contributed by atoms with van der Waals surface area (Å²) in [6.07, 6.45) is 1.50. The van der Waals surface area contributed by atoms with Crippen molar-refractivity contribution in [2.24, 2.45) is 5.10 Å². The highest BCUT2D eigenvalue weighted by Crippen LogP contribution is 2.34. The smallest absolute Gasteiger partial charge is 0.307 e. The number of carbonyl (C=O) groups excluding carboxylic acids is 1. The zero-order valence-electron chi connectivity index (χ0n) is 18.2. The minimum absolute atomic E-state index is 0.175. The molecule has 0 saturated heterocycles. The Morgan fingerprint density at radius 3 is 2.68 bits per heavy atom. The fraction of sp³-hybridized carbons (Fsp3) is 0.115. The summed E-state index contributed by atoms with van der Waals surface area (Å²) < 4.78 is 17.9. The Morgan fingerprint density at radius 2 is 1.88 bits per heavy atom. The lowest BCUT2D eigenvalue weighted by Gasteiger charge is -2.14. The first-order chi connectivity index (χ1) is 16.6. The van der Waals surface area contributed by atoms with Crippen molar-refractivity contribution >= 4 is 39.0 Å². The number of nitrogens with zero attached hydrogens (tertiary/aromatic N) is 2. The molecular weight excluding hydrogens is 498 g/mol. The van der Waals surface area contributed by atoms with Crippen LogP contribution in [0.1, 0.15) is 34.2 Å². The molecule has 0 aliphatic carbocycles. The third-order valence-electron chi connectivity index (χ3n) is 4.90. The normalized spacial score (nSPS) is 10.9. The molecule has 1 heterocycles. The van der Waals surface area contributed by atoms with Gasteiger partial charge in [-0.1, -0.05) is 36.4 Å². The van der Waals surface area contributed by atoms with Crippen LogP contribution in [0.2, 0.25) is 0 Å². The lowest BCUT2D eigenvalue weighted by Crippen LogP contribution is -2.16. The van der Waals surface area contributed by atoms with Crippen LogP contribution in [0.4, 0.5) is 0 Å². The molecule has 0 radical (unpaired) electrons. The third-order valence-corrected chi connectivity index (χ3v) is 5.59. The van der Waals surface area contributed by atoms with Gasteiger partial charge in [-0.15, -0.1) is 0 Å². The van der Waals surface area contributed by atoms with E-state index in [4.69, 9.17) is 13.9 Å². The van der Waals surface area contributed by atoms with Crippen LogP contribution in [0.25, 0.3) is 11.0 Å². The van der Waals surface area contributed by atoms with Crippen LogP contribution in [0.15, 0.2) is 80.7 Å². The molecule has 1 aromatic heterocycles. The average molecular weight is 518 g/mol. The largest absolute Gasteiger partial charge is 0.490 e. The van der Waals surface area contributed by atoms with E-state index in [1.54, 1.807) is 30.3 Å². The van der Waals surface area contributed by atoms with E-state index in [2.05, 4.69) is 32.5 Å². The van der Waals surface area contributed by atoms with Gasteiger partial charge < -0.3 is 13.9 Å². The quantitative estimate of drug-likeness (QED) is 0.235. The van der Waals surface area contributed by atoms with E-state index < -0.39 is 5.91 Å².